The Hall–Kier alpha value is -0.900. The zero-order chi connectivity index (χ0) is 13.0. The Balaban J connectivity index is 2.21. The number of rotatable bonds is 6. The number of aliphatic hydroxyl groups excluding tert-OH is 1. The van der Waals surface area contributed by atoms with E-state index < -0.39 is 0 Å². The highest BCUT2D eigenvalue weighted by molar-refractivity contribution is 5.29. The van der Waals surface area contributed by atoms with E-state index in [1.54, 1.807) is 0 Å². The van der Waals surface area contributed by atoms with E-state index in [0.29, 0.717) is 12.6 Å². The van der Waals surface area contributed by atoms with Crippen LogP contribution in [0.4, 0.5) is 0 Å². The summed E-state index contributed by atoms with van der Waals surface area (Å²) in [4.78, 5) is 2.39. The van der Waals surface area contributed by atoms with Crippen LogP contribution in [0.3, 0.4) is 0 Å². The molecule has 1 aromatic carbocycles. The maximum absolute atomic E-state index is 9.28. The molecule has 0 saturated heterocycles. The van der Waals surface area contributed by atoms with E-state index in [4.69, 9.17) is 5.73 Å². The van der Waals surface area contributed by atoms with Gasteiger partial charge in [0.1, 0.15) is 0 Å². The molecule has 0 amide bonds. The highest BCUT2D eigenvalue weighted by Crippen LogP contribution is 2.32. The molecule has 1 aliphatic rings. The van der Waals surface area contributed by atoms with Crippen LogP contribution < -0.4 is 5.73 Å². The Morgan fingerprint density at radius 2 is 2.11 bits per heavy atom. The molecule has 18 heavy (non-hydrogen) atoms. The lowest BCUT2D eigenvalue weighted by atomic mass is 9.88. The largest absolute Gasteiger partial charge is 0.395 e. The van der Waals surface area contributed by atoms with Crippen LogP contribution in [0.15, 0.2) is 24.3 Å². The number of nitrogens with two attached hydrogens (primary N) is 1. The summed E-state index contributed by atoms with van der Waals surface area (Å²) in [7, 11) is 0. The van der Waals surface area contributed by atoms with Crippen molar-refractivity contribution in [2.75, 3.05) is 19.7 Å². The van der Waals surface area contributed by atoms with Gasteiger partial charge in [-0.25, -0.2) is 0 Å². The van der Waals surface area contributed by atoms with Gasteiger partial charge in [0, 0.05) is 25.2 Å². The zero-order valence-corrected chi connectivity index (χ0v) is 11.2. The summed E-state index contributed by atoms with van der Waals surface area (Å²) >= 11 is 0. The van der Waals surface area contributed by atoms with Crippen molar-refractivity contribution in [1.82, 2.24) is 4.90 Å². The third kappa shape index (κ3) is 2.74. The Kier molecular flexibility index (Phi) is 4.75. The summed E-state index contributed by atoms with van der Waals surface area (Å²) < 4.78 is 0. The Labute approximate surface area is 110 Å². The molecule has 3 nitrogen and oxygen atoms in total. The Bertz CT molecular complexity index is 377. The van der Waals surface area contributed by atoms with Crippen LogP contribution in [-0.2, 0) is 0 Å². The molecule has 2 rings (SSSR count). The summed E-state index contributed by atoms with van der Waals surface area (Å²) in [6.07, 6.45) is 3.78. The normalized spacial score (nSPS) is 17.8. The van der Waals surface area contributed by atoms with E-state index in [0.717, 1.165) is 6.54 Å². The molecule has 0 bridgehead atoms. The fraction of sp³-hybridized carbons (Fsp3) is 0.600. The minimum atomic E-state index is 0.207. The zero-order valence-electron chi connectivity index (χ0n) is 11.2. The second-order valence-corrected chi connectivity index (χ2v) is 5.15. The first-order valence-corrected chi connectivity index (χ1v) is 6.90. The van der Waals surface area contributed by atoms with Crippen LogP contribution in [0.1, 0.15) is 36.4 Å². The van der Waals surface area contributed by atoms with Crippen LogP contribution in [0.5, 0.6) is 0 Å². The van der Waals surface area contributed by atoms with Gasteiger partial charge in [-0.3, -0.25) is 4.90 Å². The van der Waals surface area contributed by atoms with E-state index in [2.05, 4.69) is 36.1 Å². The first-order valence-electron chi connectivity index (χ1n) is 6.90. The van der Waals surface area contributed by atoms with Gasteiger partial charge >= 0.3 is 0 Å². The quantitative estimate of drug-likeness (QED) is 0.807. The van der Waals surface area contributed by atoms with Gasteiger partial charge in [-0.1, -0.05) is 30.7 Å². The van der Waals surface area contributed by atoms with E-state index in [9.17, 15) is 5.11 Å². The number of nitrogens with zero attached hydrogens (tertiary/aromatic N) is 1. The van der Waals surface area contributed by atoms with Crippen molar-refractivity contribution in [3.8, 4) is 0 Å². The predicted molar refractivity (Wildman–Crippen MR) is 74.4 cm³/mol. The number of aryl methyl sites for hydroxylation is 1. The van der Waals surface area contributed by atoms with Crippen molar-refractivity contribution in [3.63, 3.8) is 0 Å². The molecule has 1 saturated carbocycles. The average Bonchev–Trinajstić information content (AvgIpc) is 2.30. The van der Waals surface area contributed by atoms with E-state index in [1.807, 2.05) is 0 Å². The summed E-state index contributed by atoms with van der Waals surface area (Å²) in [5.41, 5.74) is 8.59. The van der Waals surface area contributed by atoms with Gasteiger partial charge < -0.3 is 10.8 Å². The van der Waals surface area contributed by atoms with Crippen molar-refractivity contribution in [2.45, 2.75) is 38.3 Å². The van der Waals surface area contributed by atoms with Gasteiger partial charge in [0.2, 0.25) is 0 Å². The summed E-state index contributed by atoms with van der Waals surface area (Å²) in [5.74, 6) is 0. The second kappa shape index (κ2) is 6.32. The molecule has 1 aromatic rings. The molecule has 0 spiro atoms. The van der Waals surface area contributed by atoms with Crippen molar-refractivity contribution in [3.05, 3.63) is 35.4 Å². The van der Waals surface area contributed by atoms with E-state index in [-0.39, 0.29) is 12.6 Å². The van der Waals surface area contributed by atoms with Crippen molar-refractivity contribution in [1.29, 1.82) is 0 Å². The van der Waals surface area contributed by atoms with E-state index >= 15 is 0 Å². The molecule has 3 N–H and O–H groups in total. The molecule has 3 heteroatoms. The van der Waals surface area contributed by atoms with E-state index in [1.165, 1.54) is 30.4 Å². The van der Waals surface area contributed by atoms with Gasteiger partial charge in [-0.15, -0.1) is 0 Å². The molecule has 1 fully saturated rings. The summed E-state index contributed by atoms with van der Waals surface area (Å²) in [5, 5.41) is 9.28. The minimum Gasteiger partial charge on any atom is -0.395 e. The number of hydrogen-bond acceptors (Lipinski definition) is 3. The highest BCUT2D eigenvalue weighted by Gasteiger charge is 2.30. The summed E-state index contributed by atoms with van der Waals surface area (Å²) in [6.45, 7) is 3.68. The molecule has 0 heterocycles. The lowest BCUT2D eigenvalue weighted by molar-refractivity contribution is 0.0620. The fourth-order valence-corrected chi connectivity index (χ4v) is 2.83. The third-order valence-corrected chi connectivity index (χ3v) is 4.07. The second-order valence-electron chi connectivity index (χ2n) is 5.15. The molecule has 0 radical (unpaired) electrons. The van der Waals surface area contributed by atoms with Gasteiger partial charge in [-0.2, -0.15) is 0 Å². The number of benzene rings is 1. The van der Waals surface area contributed by atoms with Crippen LogP contribution in [0, 0.1) is 6.92 Å². The Morgan fingerprint density at radius 3 is 2.61 bits per heavy atom. The Morgan fingerprint density at radius 1 is 1.39 bits per heavy atom. The van der Waals surface area contributed by atoms with Crippen LogP contribution >= 0.6 is 0 Å². The minimum absolute atomic E-state index is 0.207. The van der Waals surface area contributed by atoms with Gasteiger partial charge in [0.05, 0.1) is 6.61 Å². The first-order chi connectivity index (χ1) is 8.77. The molecule has 0 aromatic heterocycles. The maximum atomic E-state index is 9.28. The van der Waals surface area contributed by atoms with Crippen LogP contribution in [-0.4, -0.2) is 35.7 Å². The molecular formula is C15H24N2O. The van der Waals surface area contributed by atoms with Crippen molar-refractivity contribution < 1.29 is 5.11 Å². The molecule has 1 unspecified atom stereocenters. The third-order valence-electron chi connectivity index (χ3n) is 4.07. The fourth-order valence-electron chi connectivity index (χ4n) is 2.83. The van der Waals surface area contributed by atoms with Crippen LogP contribution in [0.25, 0.3) is 0 Å². The predicted octanol–water partition coefficient (Wildman–Crippen LogP) is 1.84. The van der Waals surface area contributed by atoms with Crippen molar-refractivity contribution >= 4 is 0 Å². The first kappa shape index (κ1) is 13.5. The average molecular weight is 248 g/mol. The van der Waals surface area contributed by atoms with Crippen molar-refractivity contribution in [2.24, 2.45) is 5.73 Å². The molecule has 1 atom stereocenters. The summed E-state index contributed by atoms with van der Waals surface area (Å²) in [6, 6.07) is 9.27. The van der Waals surface area contributed by atoms with Gasteiger partial charge in [0.15, 0.2) is 0 Å². The molecule has 100 valence electrons. The molecular weight excluding hydrogens is 224 g/mol. The highest BCUT2D eigenvalue weighted by atomic mass is 16.3. The smallest absolute Gasteiger partial charge is 0.0558 e. The van der Waals surface area contributed by atoms with Gasteiger partial charge in [-0.05, 0) is 30.9 Å². The molecule has 0 aliphatic heterocycles. The standard InChI is InChI=1S/C15H24N2O/c1-12-5-2-3-8-14(12)15(11-16)17(9-10-18)13-6-4-7-13/h2-3,5,8,13,15,18H,4,6-7,9-11,16H2,1H3. The lowest BCUT2D eigenvalue weighted by Crippen LogP contribution is -2.46. The monoisotopic (exact) mass is 248 g/mol. The molecule has 1 aliphatic carbocycles. The lowest BCUT2D eigenvalue weighted by Gasteiger charge is -2.42. The SMILES string of the molecule is Cc1ccccc1C(CN)N(CCO)C1CCC1. The van der Waals surface area contributed by atoms with Gasteiger partial charge in [0.25, 0.3) is 0 Å². The van der Waals surface area contributed by atoms with Crippen LogP contribution in [0.2, 0.25) is 0 Å². The maximum Gasteiger partial charge on any atom is 0.0558 e. The topological polar surface area (TPSA) is 49.5 Å². The number of hydrogen-bond donors (Lipinski definition) is 2. The number of aliphatic hydroxyl groups is 1.